The zero-order valence-corrected chi connectivity index (χ0v) is 11.2. The molecule has 0 amide bonds. The van der Waals surface area contributed by atoms with Crippen LogP contribution in [-0.4, -0.2) is 40.0 Å². The first-order valence-electron chi connectivity index (χ1n) is 6.04. The lowest BCUT2D eigenvalue weighted by Crippen LogP contribution is -2.21. The maximum Gasteiger partial charge on any atom is 0.204 e. The van der Waals surface area contributed by atoms with Crippen LogP contribution in [0.2, 0.25) is 0 Å². The number of rotatable bonds is 6. The van der Waals surface area contributed by atoms with Crippen LogP contribution in [0.15, 0.2) is 24.7 Å². The second-order valence-corrected chi connectivity index (χ2v) is 4.45. The third-order valence-corrected chi connectivity index (χ3v) is 2.84. The minimum atomic E-state index is 0.818. The van der Waals surface area contributed by atoms with Gasteiger partial charge in [0, 0.05) is 46.6 Å². The summed E-state index contributed by atoms with van der Waals surface area (Å²) in [6, 6.07) is 1.93. The number of imidazole rings is 1. The number of aromatic nitrogens is 4. The summed E-state index contributed by atoms with van der Waals surface area (Å²) in [7, 11) is 6.03. The molecule has 1 N–H and O–H groups in total. The van der Waals surface area contributed by atoms with E-state index in [1.54, 1.807) is 6.20 Å². The molecule has 2 aromatic heterocycles. The summed E-state index contributed by atoms with van der Waals surface area (Å²) in [5, 5.41) is 7.55. The molecule has 0 aliphatic carbocycles. The van der Waals surface area contributed by atoms with E-state index in [-0.39, 0.29) is 0 Å². The highest BCUT2D eigenvalue weighted by molar-refractivity contribution is 5.30. The number of hydrogen-bond donors (Lipinski definition) is 1. The molecule has 2 rings (SSSR count). The van der Waals surface area contributed by atoms with Crippen molar-refractivity contribution in [2.75, 3.05) is 25.5 Å². The van der Waals surface area contributed by atoms with Crippen molar-refractivity contribution in [1.82, 2.24) is 24.6 Å². The van der Waals surface area contributed by atoms with Crippen molar-refractivity contribution in [3.05, 3.63) is 30.4 Å². The summed E-state index contributed by atoms with van der Waals surface area (Å²) in [5.74, 6) is 0.971. The summed E-state index contributed by atoms with van der Waals surface area (Å²) in [6.07, 6.45) is 5.68. The van der Waals surface area contributed by atoms with Gasteiger partial charge in [0.25, 0.3) is 0 Å². The highest BCUT2D eigenvalue weighted by atomic mass is 15.3. The van der Waals surface area contributed by atoms with Gasteiger partial charge in [0.1, 0.15) is 0 Å². The standard InChI is InChI=1S/C12H20N6/c1-16(2)12-14-10-11(17(12)3)9-13-6-8-18-7-4-5-15-18/h4-5,7,10,13H,6,8-9H2,1-3H3. The number of hydrogen-bond acceptors (Lipinski definition) is 4. The molecule has 18 heavy (non-hydrogen) atoms. The van der Waals surface area contributed by atoms with Gasteiger partial charge >= 0.3 is 0 Å². The second-order valence-electron chi connectivity index (χ2n) is 4.45. The van der Waals surface area contributed by atoms with Gasteiger partial charge in [-0.15, -0.1) is 0 Å². The van der Waals surface area contributed by atoms with Gasteiger partial charge in [-0.2, -0.15) is 5.10 Å². The minimum Gasteiger partial charge on any atom is -0.348 e. The quantitative estimate of drug-likeness (QED) is 0.755. The van der Waals surface area contributed by atoms with Crippen molar-refractivity contribution in [3.63, 3.8) is 0 Å². The lowest BCUT2D eigenvalue weighted by atomic mass is 10.4. The molecular formula is C12H20N6. The van der Waals surface area contributed by atoms with Crippen molar-refractivity contribution in [3.8, 4) is 0 Å². The molecule has 0 unspecified atom stereocenters. The molecule has 0 aliphatic rings. The van der Waals surface area contributed by atoms with Crippen LogP contribution >= 0.6 is 0 Å². The number of anilines is 1. The molecule has 0 saturated carbocycles. The Morgan fingerprint density at radius 1 is 1.39 bits per heavy atom. The lowest BCUT2D eigenvalue weighted by molar-refractivity contribution is 0.547. The zero-order chi connectivity index (χ0) is 13.0. The van der Waals surface area contributed by atoms with Crippen LogP contribution in [0.5, 0.6) is 0 Å². The molecule has 0 atom stereocenters. The fraction of sp³-hybridized carbons (Fsp3) is 0.500. The summed E-state index contributed by atoms with van der Waals surface area (Å²) in [6.45, 7) is 2.59. The second kappa shape index (κ2) is 5.68. The Bertz CT molecular complexity index is 471. The molecule has 0 saturated heterocycles. The van der Waals surface area contributed by atoms with Gasteiger partial charge < -0.3 is 14.8 Å². The first-order valence-corrected chi connectivity index (χ1v) is 6.04. The molecule has 0 bridgehead atoms. The van der Waals surface area contributed by atoms with Crippen LogP contribution < -0.4 is 10.2 Å². The smallest absolute Gasteiger partial charge is 0.204 e. The Hall–Kier alpha value is -1.82. The molecule has 98 valence electrons. The number of nitrogens with one attached hydrogen (secondary N) is 1. The van der Waals surface area contributed by atoms with E-state index in [9.17, 15) is 0 Å². The molecule has 2 aromatic rings. The van der Waals surface area contributed by atoms with Crippen molar-refractivity contribution >= 4 is 5.95 Å². The monoisotopic (exact) mass is 248 g/mol. The third kappa shape index (κ3) is 2.89. The Morgan fingerprint density at radius 3 is 2.83 bits per heavy atom. The van der Waals surface area contributed by atoms with Gasteiger partial charge in [0.05, 0.1) is 18.4 Å². The average Bonchev–Trinajstić information content (AvgIpc) is 2.95. The fourth-order valence-electron chi connectivity index (χ4n) is 1.86. The first-order chi connectivity index (χ1) is 8.68. The summed E-state index contributed by atoms with van der Waals surface area (Å²) < 4.78 is 4.02. The van der Waals surface area contributed by atoms with E-state index < -0.39 is 0 Å². The van der Waals surface area contributed by atoms with E-state index in [2.05, 4.69) is 20.0 Å². The molecule has 2 heterocycles. The van der Waals surface area contributed by atoms with Gasteiger partial charge in [0.2, 0.25) is 5.95 Å². The Morgan fingerprint density at radius 2 is 2.22 bits per heavy atom. The van der Waals surface area contributed by atoms with Crippen LogP contribution in [0.4, 0.5) is 5.95 Å². The highest BCUT2D eigenvalue weighted by Crippen LogP contribution is 2.10. The maximum absolute atomic E-state index is 4.38. The Balaban J connectivity index is 1.80. The average molecular weight is 248 g/mol. The maximum atomic E-state index is 4.38. The van der Waals surface area contributed by atoms with Crippen LogP contribution in [0.1, 0.15) is 5.69 Å². The van der Waals surface area contributed by atoms with Crippen LogP contribution in [-0.2, 0) is 20.1 Å². The van der Waals surface area contributed by atoms with E-state index in [0.717, 1.165) is 25.6 Å². The summed E-state index contributed by atoms with van der Waals surface area (Å²) in [4.78, 5) is 6.38. The molecule has 6 heteroatoms. The predicted molar refractivity (Wildman–Crippen MR) is 71.5 cm³/mol. The fourth-order valence-corrected chi connectivity index (χ4v) is 1.86. The van der Waals surface area contributed by atoms with E-state index in [0.29, 0.717) is 0 Å². The highest BCUT2D eigenvalue weighted by Gasteiger charge is 2.06. The Labute approximate surface area is 107 Å². The van der Waals surface area contributed by atoms with Crippen LogP contribution in [0.3, 0.4) is 0 Å². The summed E-state index contributed by atoms with van der Waals surface area (Å²) >= 11 is 0. The van der Waals surface area contributed by atoms with Crippen LogP contribution in [0.25, 0.3) is 0 Å². The van der Waals surface area contributed by atoms with E-state index in [1.807, 2.05) is 49.2 Å². The third-order valence-electron chi connectivity index (χ3n) is 2.84. The van der Waals surface area contributed by atoms with Gasteiger partial charge in [-0.25, -0.2) is 4.98 Å². The molecule has 0 spiro atoms. The van der Waals surface area contributed by atoms with Gasteiger partial charge in [-0.1, -0.05) is 0 Å². The first kappa shape index (κ1) is 12.6. The van der Waals surface area contributed by atoms with Gasteiger partial charge in [-0.05, 0) is 6.07 Å². The molecule has 0 aromatic carbocycles. The van der Waals surface area contributed by atoms with E-state index in [1.165, 1.54) is 5.69 Å². The largest absolute Gasteiger partial charge is 0.348 e. The predicted octanol–water partition coefficient (Wildman–Crippen LogP) is 0.472. The van der Waals surface area contributed by atoms with Crippen molar-refractivity contribution in [1.29, 1.82) is 0 Å². The molecule has 0 fully saturated rings. The van der Waals surface area contributed by atoms with E-state index >= 15 is 0 Å². The normalized spacial score (nSPS) is 10.8. The molecule has 0 radical (unpaired) electrons. The van der Waals surface area contributed by atoms with Crippen LogP contribution in [0, 0.1) is 0 Å². The lowest BCUT2D eigenvalue weighted by Gasteiger charge is -2.12. The summed E-state index contributed by atoms with van der Waals surface area (Å²) in [5.41, 5.74) is 1.18. The minimum absolute atomic E-state index is 0.818. The Kier molecular flexibility index (Phi) is 3.99. The topological polar surface area (TPSA) is 50.9 Å². The molecule has 0 aliphatic heterocycles. The molecule has 6 nitrogen and oxygen atoms in total. The van der Waals surface area contributed by atoms with Crippen molar-refractivity contribution in [2.24, 2.45) is 7.05 Å². The van der Waals surface area contributed by atoms with Crippen molar-refractivity contribution < 1.29 is 0 Å². The van der Waals surface area contributed by atoms with E-state index in [4.69, 9.17) is 0 Å². The zero-order valence-electron chi connectivity index (χ0n) is 11.2. The van der Waals surface area contributed by atoms with Gasteiger partial charge in [0.15, 0.2) is 0 Å². The van der Waals surface area contributed by atoms with Gasteiger partial charge in [-0.3, -0.25) is 4.68 Å². The number of nitrogens with zero attached hydrogens (tertiary/aromatic N) is 5. The van der Waals surface area contributed by atoms with Crippen molar-refractivity contribution in [2.45, 2.75) is 13.1 Å². The molecular weight excluding hydrogens is 228 g/mol. The SMILES string of the molecule is CN(C)c1ncc(CNCCn2cccn2)n1C.